The van der Waals surface area contributed by atoms with E-state index in [0.717, 1.165) is 25.1 Å². The molecular weight excluding hydrogens is 298 g/mol. The van der Waals surface area contributed by atoms with Gasteiger partial charge in [-0.1, -0.05) is 12.1 Å². The highest BCUT2D eigenvalue weighted by molar-refractivity contribution is 9.10. The number of halogens is 1. The highest BCUT2D eigenvalue weighted by Crippen LogP contribution is 2.27. The molecule has 1 fully saturated rings. The van der Waals surface area contributed by atoms with Crippen molar-refractivity contribution in [3.63, 3.8) is 0 Å². The Hall–Kier alpha value is -0.620. The van der Waals surface area contributed by atoms with Gasteiger partial charge in [0, 0.05) is 38.8 Å². The summed E-state index contributed by atoms with van der Waals surface area (Å²) in [5.41, 5.74) is 0.649. The Bertz CT molecular complexity index is 405. The van der Waals surface area contributed by atoms with Gasteiger partial charge < -0.3 is 19.9 Å². The van der Waals surface area contributed by atoms with Crippen molar-refractivity contribution in [1.82, 2.24) is 5.32 Å². The normalized spacial score (nSPS) is 23.4. The summed E-state index contributed by atoms with van der Waals surface area (Å²) < 4.78 is 11.6. The average molecular weight is 316 g/mol. The molecule has 0 saturated carbocycles. The molecule has 1 heterocycles. The standard InChI is InChI=1S/C13H18BrNO3/c1-17-13(5-6-18-9-13)8-15-7-10-3-2-4-11(14)12(10)16/h2-4,15-16H,5-9H2,1H3. The molecule has 100 valence electrons. The number of hydrogen-bond donors (Lipinski definition) is 2. The number of ether oxygens (including phenoxy) is 2. The maximum Gasteiger partial charge on any atom is 0.134 e. The fraction of sp³-hybridized carbons (Fsp3) is 0.538. The van der Waals surface area contributed by atoms with Gasteiger partial charge in [0.05, 0.1) is 11.1 Å². The number of rotatable bonds is 5. The third-order valence-electron chi connectivity index (χ3n) is 3.33. The summed E-state index contributed by atoms with van der Waals surface area (Å²) >= 11 is 3.31. The Morgan fingerprint density at radius 1 is 1.56 bits per heavy atom. The smallest absolute Gasteiger partial charge is 0.134 e. The van der Waals surface area contributed by atoms with E-state index in [1.807, 2.05) is 18.2 Å². The number of phenols is 1. The van der Waals surface area contributed by atoms with Gasteiger partial charge in [-0.25, -0.2) is 0 Å². The molecule has 1 aliphatic rings. The number of hydrogen-bond acceptors (Lipinski definition) is 4. The fourth-order valence-electron chi connectivity index (χ4n) is 2.09. The van der Waals surface area contributed by atoms with Gasteiger partial charge in [0.15, 0.2) is 0 Å². The van der Waals surface area contributed by atoms with Crippen LogP contribution in [0.4, 0.5) is 0 Å². The second kappa shape index (κ2) is 6.02. The zero-order valence-corrected chi connectivity index (χ0v) is 12.0. The number of benzene rings is 1. The van der Waals surface area contributed by atoms with Crippen LogP contribution in [0, 0.1) is 0 Å². The first-order chi connectivity index (χ1) is 8.67. The van der Waals surface area contributed by atoms with Crippen LogP contribution in [0.25, 0.3) is 0 Å². The van der Waals surface area contributed by atoms with Gasteiger partial charge in [-0.15, -0.1) is 0 Å². The van der Waals surface area contributed by atoms with Crippen molar-refractivity contribution >= 4 is 15.9 Å². The van der Waals surface area contributed by atoms with Crippen LogP contribution in [0.2, 0.25) is 0 Å². The topological polar surface area (TPSA) is 50.7 Å². The predicted molar refractivity (Wildman–Crippen MR) is 72.7 cm³/mol. The summed E-state index contributed by atoms with van der Waals surface area (Å²) in [4.78, 5) is 0. The number of nitrogens with one attached hydrogen (secondary N) is 1. The van der Waals surface area contributed by atoms with Gasteiger partial charge in [-0.05, 0) is 22.0 Å². The number of aromatic hydroxyl groups is 1. The lowest BCUT2D eigenvalue weighted by Gasteiger charge is -2.26. The van der Waals surface area contributed by atoms with E-state index < -0.39 is 0 Å². The summed E-state index contributed by atoms with van der Waals surface area (Å²) in [6, 6.07) is 5.63. The minimum Gasteiger partial charge on any atom is -0.506 e. The van der Waals surface area contributed by atoms with Crippen LogP contribution < -0.4 is 5.32 Å². The molecule has 1 aromatic rings. The van der Waals surface area contributed by atoms with Crippen LogP contribution in [0.5, 0.6) is 5.75 Å². The Morgan fingerprint density at radius 3 is 3.06 bits per heavy atom. The third kappa shape index (κ3) is 3.03. The lowest BCUT2D eigenvalue weighted by Crippen LogP contribution is -2.42. The van der Waals surface area contributed by atoms with Crippen LogP contribution in [-0.2, 0) is 16.0 Å². The molecule has 0 aliphatic carbocycles. The van der Waals surface area contributed by atoms with Gasteiger partial charge in [0.2, 0.25) is 0 Å². The van der Waals surface area contributed by atoms with E-state index in [1.165, 1.54) is 0 Å². The van der Waals surface area contributed by atoms with Crippen LogP contribution in [0.1, 0.15) is 12.0 Å². The molecular formula is C13H18BrNO3. The Kier molecular flexibility index (Phi) is 4.61. The van der Waals surface area contributed by atoms with Crippen molar-refractivity contribution < 1.29 is 14.6 Å². The summed E-state index contributed by atoms with van der Waals surface area (Å²) in [5, 5.41) is 13.2. The highest BCUT2D eigenvalue weighted by Gasteiger charge is 2.34. The molecule has 1 aromatic carbocycles. The quantitative estimate of drug-likeness (QED) is 0.873. The Morgan fingerprint density at radius 2 is 2.39 bits per heavy atom. The maximum atomic E-state index is 9.87. The summed E-state index contributed by atoms with van der Waals surface area (Å²) in [5.74, 6) is 0.291. The van der Waals surface area contributed by atoms with Crippen molar-refractivity contribution in [1.29, 1.82) is 0 Å². The van der Waals surface area contributed by atoms with Crippen molar-refractivity contribution in [2.45, 2.75) is 18.6 Å². The molecule has 1 saturated heterocycles. The summed E-state index contributed by atoms with van der Waals surface area (Å²) in [7, 11) is 1.72. The van der Waals surface area contributed by atoms with Crippen LogP contribution in [-0.4, -0.2) is 37.6 Å². The molecule has 1 aliphatic heterocycles. The van der Waals surface area contributed by atoms with E-state index in [9.17, 15) is 5.11 Å². The average Bonchev–Trinajstić information content (AvgIpc) is 2.84. The first-order valence-electron chi connectivity index (χ1n) is 5.97. The van der Waals surface area contributed by atoms with E-state index in [-0.39, 0.29) is 5.60 Å². The second-order valence-electron chi connectivity index (χ2n) is 4.54. The SMILES string of the molecule is COC1(CNCc2cccc(Br)c2O)CCOC1. The summed E-state index contributed by atoms with van der Waals surface area (Å²) in [6.07, 6.45) is 0.904. The number of phenolic OH excluding ortho intramolecular Hbond substituents is 1. The monoisotopic (exact) mass is 315 g/mol. The van der Waals surface area contributed by atoms with Crippen molar-refractivity contribution in [2.24, 2.45) is 0 Å². The van der Waals surface area contributed by atoms with Crippen LogP contribution in [0.3, 0.4) is 0 Å². The van der Waals surface area contributed by atoms with Crippen molar-refractivity contribution in [3.8, 4) is 5.75 Å². The molecule has 1 unspecified atom stereocenters. The lowest BCUT2D eigenvalue weighted by molar-refractivity contribution is -0.0159. The van der Waals surface area contributed by atoms with E-state index in [0.29, 0.717) is 23.4 Å². The second-order valence-corrected chi connectivity index (χ2v) is 5.40. The Balaban J connectivity index is 1.90. The zero-order chi connectivity index (χ0) is 13.0. The lowest BCUT2D eigenvalue weighted by atomic mass is 10.0. The highest BCUT2D eigenvalue weighted by atomic mass is 79.9. The molecule has 0 aromatic heterocycles. The predicted octanol–water partition coefficient (Wildman–Crippen LogP) is 2.05. The third-order valence-corrected chi connectivity index (χ3v) is 3.97. The van der Waals surface area contributed by atoms with E-state index in [1.54, 1.807) is 7.11 Å². The van der Waals surface area contributed by atoms with E-state index in [2.05, 4.69) is 21.2 Å². The summed E-state index contributed by atoms with van der Waals surface area (Å²) in [6.45, 7) is 2.70. The molecule has 2 N–H and O–H groups in total. The first-order valence-corrected chi connectivity index (χ1v) is 6.76. The molecule has 0 amide bonds. The van der Waals surface area contributed by atoms with E-state index in [4.69, 9.17) is 9.47 Å². The molecule has 0 radical (unpaired) electrons. The first kappa shape index (κ1) is 13.8. The molecule has 1 atom stereocenters. The van der Waals surface area contributed by atoms with Crippen molar-refractivity contribution in [3.05, 3.63) is 28.2 Å². The number of methoxy groups -OCH3 is 1. The molecule has 4 nitrogen and oxygen atoms in total. The minimum atomic E-state index is -0.221. The molecule has 0 spiro atoms. The van der Waals surface area contributed by atoms with Gasteiger partial charge in [0.1, 0.15) is 11.4 Å². The van der Waals surface area contributed by atoms with Gasteiger partial charge in [0.25, 0.3) is 0 Å². The van der Waals surface area contributed by atoms with Gasteiger partial charge in [-0.3, -0.25) is 0 Å². The van der Waals surface area contributed by atoms with Crippen molar-refractivity contribution in [2.75, 3.05) is 26.9 Å². The fourth-order valence-corrected chi connectivity index (χ4v) is 2.50. The molecule has 5 heteroatoms. The minimum absolute atomic E-state index is 0.221. The zero-order valence-electron chi connectivity index (χ0n) is 10.4. The van der Waals surface area contributed by atoms with E-state index >= 15 is 0 Å². The number of para-hydroxylation sites is 1. The maximum absolute atomic E-state index is 9.87. The van der Waals surface area contributed by atoms with Crippen LogP contribution >= 0.6 is 15.9 Å². The molecule has 18 heavy (non-hydrogen) atoms. The van der Waals surface area contributed by atoms with Gasteiger partial charge in [-0.2, -0.15) is 0 Å². The molecule has 2 rings (SSSR count). The largest absolute Gasteiger partial charge is 0.506 e. The molecule has 0 bridgehead atoms. The Labute approximate surface area is 115 Å². The van der Waals surface area contributed by atoms with Crippen LogP contribution in [0.15, 0.2) is 22.7 Å². The van der Waals surface area contributed by atoms with Gasteiger partial charge >= 0.3 is 0 Å².